The maximum absolute atomic E-state index is 11.6. The summed E-state index contributed by atoms with van der Waals surface area (Å²) in [5.74, 6) is -0.644. The highest BCUT2D eigenvalue weighted by Gasteiger charge is 2.17. The molecule has 0 heterocycles. The van der Waals surface area contributed by atoms with E-state index in [4.69, 9.17) is 0 Å². The van der Waals surface area contributed by atoms with Gasteiger partial charge in [-0.15, -0.1) is 0 Å². The Hall–Kier alpha value is -0.620. The Morgan fingerprint density at radius 1 is 1.24 bits per heavy atom. The smallest absolute Gasteiger partial charge is 0.237 e. The summed E-state index contributed by atoms with van der Waals surface area (Å²) in [5, 5.41) is 3.22. The van der Waals surface area contributed by atoms with Gasteiger partial charge in [-0.3, -0.25) is 4.79 Å². The van der Waals surface area contributed by atoms with Crippen molar-refractivity contribution in [1.29, 1.82) is 0 Å². The van der Waals surface area contributed by atoms with Gasteiger partial charge in [0.15, 0.2) is 9.84 Å². The number of carbonyl (C=O) groups excluding carboxylic acids is 1. The minimum absolute atomic E-state index is 0.0896. The number of amides is 1. The first-order valence-electron chi connectivity index (χ1n) is 5.88. The first-order chi connectivity index (χ1) is 7.74. The van der Waals surface area contributed by atoms with Crippen LogP contribution < -0.4 is 5.32 Å². The van der Waals surface area contributed by atoms with Gasteiger partial charge in [-0.25, -0.2) is 8.42 Å². The second-order valence-electron chi connectivity index (χ2n) is 4.70. The Bertz CT molecular complexity index is 324. The Kier molecular flexibility index (Phi) is 7.38. The molecule has 0 aliphatic heterocycles. The van der Waals surface area contributed by atoms with Crippen LogP contribution in [0.4, 0.5) is 0 Å². The fourth-order valence-electron chi connectivity index (χ4n) is 1.23. The third-order valence-electron chi connectivity index (χ3n) is 2.28. The van der Waals surface area contributed by atoms with E-state index >= 15 is 0 Å². The number of sulfone groups is 1. The molecular formula is C11H24N2O3S. The third-order valence-corrected chi connectivity index (χ3v) is 3.87. The van der Waals surface area contributed by atoms with E-state index in [1.54, 1.807) is 14.1 Å². The average Bonchev–Trinajstić information content (AvgIpc) is 2.15. The van der Waals surface area contributed by atoms with Crippen molar-refractivity contribution in [2.75, 3.05) is 32.1 Å². The molecule has 0 fully saturated rings. The third kappa shape index (κ3) is 9.12. The van der Waals surface area contributed by atoms with Crippen LogP contribution in [0.3, 0.4) is 0 Å². The van der Waals surface area contributed by atoms with E-state index in [0.717, 1.165) is 13.0 Å². The summed E-state index contributed by atoms with van der Waals surface area (Å²) in [6.07, 6.45) is 1.41. The van der Waals surface area contributed by atoms with Gasteiger partial charge in [0.1, 0.15) is 5.75 Å². The molecule has 102 valence electrons. The number of unbranched alkanes of at least 4 members (excludes halogenated alkanes) is 1. The maximum Gasteiger partial charge on any atom is 0.237 e. The largest absolute Gasteiger partial charge is 0.348 e. The number of rotatable bonds is 8. The van der Waals surface area contributed by atoms with Gasteiger partial charge < -0.3 is 10.2 Å². The number of carbonyl (C=O) groups is 1. The Labute approximate surface area is 104 Å². The Morgan fingerprint density at radius 3 is 2.29 bits per heavy atom. The molecule has 17 heavy (non-hydrogen) atoms. The lowest BCUT2D eigenvalue weighted by Crippen LogP contribution is -2.30. The van der Waals surface area contributed by atoms with E-state index in [1.165, 1.54) is 4.90 Å². The van der Waals surface area contributed by atoms with E-state index in [-0.39, 0.29) is 17.4 Å². The SMILES string of the molecule is CC(C)NCCCCS(=O)(=O)CC(=O)N(C)C. The van der Waals surface area contributed by atoms with E-state index in [9.17, 15) is 13.2 Å². The summed E-state index contributed by atoms with van der Waals surface area (Å²) in [7, 11) is -0.126. The van der Waals surface area contributed by atoms with Gasteiger partial charge in [0.05, 0.1) is 5.75 Å². The summed E-state index contributed by atoms with van der Waals surface area (Å²) < 4.78 is 23.1. The van der Waals surface area contributed by atoms with Crippen LogP contribution in [0.2, 0.25) is 0 Å². The predicted octanol–water partition coefficient (Wildman–Crippen LogP) is 0.268. The van der Waals surface area contributed by atoms with E-state index in [2.05, 4.69) is 5.32 Å². The Balaban J connectivity index is 3.83. The van der Waals surface area contributed by atoms with Crippen LogP contribution >= 0.6 is 0 Å². The number of nitrogens with one attached hydrogen (secondary N) is 1. The van der Waals surface area contributed by atoms with Crippen molar-refractivity contribution < 1.29 is 13.2 Å². The van der Waals surface area contributed by atoms with Gasteiger partial charge in [-0.05, 0) is 19.4 Å². The summed E-state index contributed by atoms with van der Waals surface area (Å²) in [4.78, 5) is 12.6. The monoisotopic (exact) mass is 264 g/mol. The molecule has 0 spiro atoms. The van der Waals surface area contributed by atoms with Crippen molar-refractivity contribution in [3.8, 4) is 0 Å². The van der Waals surface area contributed by atoms with E-state index < -0.39 is 9.84 Å². The van der Waals surface area contributed by atoms with Crippen LogP contribution in [0.15, 0.2) is 0 Å². The van der Waals surface area contributed by atoms with Crippen LogP contribution in [0.1, 0.15) is 26.7 Å². The maximum atomic E-state index is 11.6. The van der Waals surface area contributed by atoms with Gasteiger partial charge in [0, 0.05) is 20.1 Å². The van der Waals surface area contributed by atoms with Gasteiger partial charge in [-0.2, -0.15) is 0 Å². The molecule has 0 aliphatic carbocycles. The highest BCUT2D eigenvalue weighted by molar-refractivity contribution is 7.92. The average molecular weight is 264 g/mol. The summed E-state index contributed by atoms with van der Waals surface area (Å²) in [5.41, 5.74) is 0. The first kappa shape index (κ1) is 16.4. The fraction of sp³-hybridized carbons (Fsp3) is 0.909. The number of nitrogens with zero attached hydrogens (tertiary/aromatic N) is 1. The van der Waals surface area contributed by atoms with Crippen LogP contribution in [-0.2, 0) is 14.6 Å². The standard InChI is InChI=1S/C11H24N2O3S/c1-10(2)12-7-5-6-8-17(15,16)9-11(14)13(3)4/h10,12H,5-9H2,1-4H3. The van der Waals surface area contributed by atoms with Gasteiger partial charge in [-0.1, -0.05) is 13.8 Å². The lowest BCUT2D eigenvalue weighted by atomic mass is 10.3. The second-order valence-corrected chi connectivity index (χ2v) is 6.88. The topological polar surface area (TPSA) is 66.5 Å². The van der Waals surface area contributed by atoms with Crippen molar-refractivity contribution in [3.05, 3.63) is 0 Å². The number of hydrogen-bond acceptors (Lipinski definition) is 4. The minimum atomic E-state index is -3.25. The summed E-state index contributed by atoms with van der Waals surface area (Å²) >= 11 is 0. The molecule has 0 bridgehead atoms. The predicted molar refractivity (Wildman–Crippen MR) is 69.7 cm³/mol. The molecule has 0 aromatic heterocycles. The lowest BCUT2D eigenvalue weighted by Gasteiger charge is -2.11. The van der Waals surface area contributed by atoms with Crippen molar-refractivity contribution >= 4 is 15.7 Å². The summed E-state index contributed by atoms with van der Waals surface area (Å²) in [6.45, 7) is 4.91. The molecule has 0 rings (SSSR count). The fourth-order valence-corrected chi connectivity index (χ4v) is 2.65. The zero-order valence-corrected chi connectivity index (χ0v) is 12.0. The van der Waals surface area contributed by atoms with Crippen molar-refractivity contribution in [2.24, 2.45) is 0 Å². The highest BCUT2D eigenvalue weighted by Crippen LogP contribution is 1.99. The van der Waals surface area contributed by atoms with Crippen molar-refractivity contribution in [3.63, 3.8) is 0 Å². The lowest BCUT2D eigenvalue weighted by molar-refractivity contribution is -0.125. The molecule has 0 unspecified atom stereocenters. The highest BCUT2D eigenvalue weighted by atomic mass is 32.2. The quantitative estimate of drug-likeness (QED) is 0.639. The molecule has 5 nitrogen and oxygen atoms in total. The van der Waals surface area contributed by atoms with Crippen LogP contribution in [0, 0.1) is 0 Å². The molecule has 0 aromatic carbocycles. The minimum Gasteiger partial charge on any atom is -0.348 e. The van der Waals surface area contributed by atoms with Crippen molar-refractivity contribution in [1.82, 2.24) is 10.2 Å². The van der Waals surface area contributed by atoms with Crippen LogP contribution in [0.25, 0.3) is 0 Å². The van der Waals surface area contributed by atoms with E-state index in [0.29, 0.717) is 12.5 Å². The first-order valence-corrected chi connectivity index (χ1v) is 7.70. The molecule has 0 saturated heterocycles. The second kappa shape index (κ2) is 7.66. The van der Waals surface area contributed by atoms with Crippen molar-refractivity contribution in [2.45, 2.75) is 32.7 Å². The normalized spacial score (nSPS) is 11.8. The molecular weight excluding hydrogens is 240 g/mol. The molecule has 1 N–H and O–H groups in total. The molecule has 0 aromatic rings. The van der Waals surface area contributed by atoms with Crippen LogP contribution in [0.5, 0.6) is 0 Å². The molecule has 0 atom stereocenters. The summed E-state index contributed by atoms with van der Waals surface area (Å²) in [6, 6.07) is 0.418. The van der Waals surface area contributed by atoms with Gasteiger partial charge in [0.25, 0.3) is 0 Å². The molecule has 6 heteroatoms. The van der Waals surface area contributed by atoms with Gasteiger partial charge in [0.2, 0.25) is 5.91 Å². The molecule has 1 amide bonds. The zero-order chi connectivity index (χ0) is 13.5. The van der Waals surface area contributed by atoms with E-state index in [1.807, 2.05) is 13.8 Å². The molecule has 0 saturated carbocycles. The number of hydrogen-bond donors (Lipinski definition) is 1. The van der Waals surface area contributed by atoms with Crippen LogP contribution in [-0.4, -0.2) is 57.4 Å². The molecule has 0 aliphatic rings. The molecule has 0 radical (unpaired) electrons. The van der Waals surface area contributed by atoms with Gasteiger partial charge >= 0.3 is 0 Å². The zero-order valence-electron chi connectivity index (χ0n) is 11.2. The Morgan fingerprint density at radius 2 is 1.82 bits per heavy atom.